The molecule has 0 aliphatic carbocycles. The summed E-state index contributed by atoms with van der Waals surface area (Å²) < 4.78 is 15.5. The predicted octanol–water partition coefficient (Wildman–Crippen LogP) is 4.91. The minimum Gasteiger partial charge on any atom is -0.295 e. The average Bonchev–Trinajstić information content (AvgIpc) is 2.79. The van der Waals surface area contributed by atoms with E-state index in [9.17, 15) is 4.39 Å². The minimum absolute atomic E-state index is 0.301. The minimum atomic E-state index is -0.301. The number of nitrogens with zero attached hydrogens (tertiary/aromatic N) is 2. The normalized spacial score (nSPS) is 11.2. The standard InChI is InChI=1S/C16H13Cl2FN2/c1-10-2-4-12(18)14(8-10)21-15-9-11(19)3-5-13(15)20-16(21)6-7-17/h2-5,8-9H,6-7H2,1H3. The summed E-state index contributed by atoms with van der Waals surface area (Å²) in [6.45, 7) is 1.99. The number of hydrogen-bond acceptors (Lipinski definition) is 1. The molecule has 108 valence electrons. The van der Waals surface area contributed by atoms with Crippen LogP contribution in [0.5, 0.6) is 0 Å². The number of halogens is 3. The Labute approximate surface area is 132 Å². The van der Waals surface area contributed by atoms with E-state index < -0.39 is 0 Å². The second-order valence-corrected chi connectivity index (χ2v) is 5.68. The first kappa shape index (κ1) is 14.4. The molecule has 0 fully saturated rings. The van der Waals surface area contributed by atoms with E-state index >= 15 is 0 Å². The molecule has 0 saturated heterocycles. The highest BCUT2D eigenvalue weighted by Gasteiger charge is 2.15. The number of aryl methyl sites for hydroxylation is 2. The lowest BCUT2D eigenvalue weighted by Gasteiger charge is -2.11. The molecule has 0 unspecified atom stereocenters. The van der Waals surface area contributed by atoms with Gasteiger partial charge in [0, 0.05) is 18.4 Å². The van der Waals surface area contributed by atoms with Crippen molar-refractivity contribution < 1.29 is 4.39 Å². The summed E-state index contributed by atoms with van der Waals surface area (Å²) in [6, 6.07) is 10.3. The highest BCUT2D eigenvalue weighted by molar-refractivity contribution is 6.32. The van der Waals surface area contributed by atoms with Gasteiger partial charge in [0.05, 0.1) is 21.7 Å². The topological polar surface area (TPSA) is 17.8 Å². The Bertz CT molecular complexity index is 811. The number of aromatic nitrogens is 2. The molecule has 5 heteroatoms. The van der Waals surface area contributed by atoms with Crippen LogP contribution in [0.4, 0.5) is 4.39 Å². The van der Waals surface area contributed by atoms with Crippen LogP contribution in [0.1, 0.15) is 11.4 Å². The number of rotatable bonds is 3. The molecule has 3 aromatic rings. The van der Waals surface area contributed by atoms with Gasteiger partial charge in [0.1, 0.15) is 11.6 Å². The number of hydrogen-bond donors (Lipinski definition) is 0. The lowest BCUT2D eigenvalue weighted by atomic mass is 10.2. The van der Waals surface area contributed by atoms with Crippen LogP contribution >= 0.6 is 23.2 Å². The van der Waals surface area contributed by atoms with Crippen LogP contribution in [0.25, 0.3) is 16.7 Å². The van der Waals surface area contributed by atoms with Gasteiger partial charge in [-0.05, 0) is 36.8 Å². The first-order valence-corrected chi connectivity index (χ1v) is 7.51. The molecule has 0 aliphatic rings. The van der Waals surface area contributed by atoms with Crippen LogP contribution in [-0.2, 0) is 6.42 Å². The van der Waals surface area contributed by atoms with Crippen molar-refractivity contribution in [3.63, 3.8) is 0 Å². The van der Waals surface area contributed by atoms with Crippen LogP contribution in [0.2, 0.25) is 5.02 Å². The molecular weight excluding hydrogens is 310 g/mol. The van der Waals surface area contributed by atoms with Gasteiger partial charge < -0.3 is 0 Å². The molecule has 0 aliphatic heterocycles. The first-order valence-electron chi connectivity index (χ1n) is 6.59. The van der Waals surface area contributed by atoms with Crippen LogP contribution in [0.15, 0.2) is 36.4 Å². The lowest BCUT2D eigenvalue weighted by molar-refractivity contribution is 0.629. The highest BCUT2D eigenvalue weighted by atomic mass is 35.5. The molecule has 0 radical (unpaired) electrons. The molecule has 21 heavy (non-hydrogen) atoms. The van der Waals surface area contributed by atoms with Crippen molar-refractivity contribution >= 4 is 34.2 Å². The van der Waals surface area contributed by atoms with E-state index in [1.165, 1.54) is 12.1 Å². The van der Waals surface area contributed by atoms with E-state index in [1.54, 1.807) is 6.07 Å². The van der Waals surface area contributed by atoms with E-state index in [-0.39, 0.29) is 5.82 Å². The van der Waals surface area contributed by atoms with Gasteiger partial charge in [0.25, 0.3) is 0 Å². The third kappa shape index (κ3) is 2.63. The second kappa shape index (κ2) is 5.66. The summed E-state index contributed by atoms with van der Waals surface area (Å²) >= 11 is 12.2. The van der Waals surface area contributed by atoms with Crippen LogP contribution in [0.3, 0.4) is 0 Å². The molecule has 0 saturated carbocycles. The quantitative estimate of drug-likeness (QED) is 0.626. The maximum atomic E-state index is 13.6. The summed E-state index contributed by atoms with van der Waals surface area (Å²) in [4.78, 5) is 4.54. The summed E-state index contributed by atoms with van der Waals surface area (Å²) in [7, 11) is 0. The van der Waals surface area contributed by atoms with Gasteiger partial charge in [-0.15, -0.1) is 11.6 Å². The molecule has 0 atom stereocenters. The molecule has 2 aromatic carbocycles. The van der Waals surface area contributed by atoms with Gasteiger partial charge in [0.2, 0.25) is 0 Å². The molecule has 0 bridgehead atoms. The van der Waals surface area contributed by atoms with E-state index in [4.69, 9.17) is 23.2 Å². The fourth-order valence-electron chi connectivity index (χ4n) is 2.41. The van der Waals surface area contributed by atoms with Gasteiger partial charge in [-0.3, -0.25) is 4.57 Å². The summed E-state index contributed by atoms with van der Waals surface area (Å²) in [6.07, 6.45) is 0.585. The Kier molecular flexibility index (Phi) is 3.87. The average molecular weight is 323 g/mol. The zero-order chi connectivity index (χ0) is 15.0. The monoisotopic (exact) mass is 322 g/mol. The maximum Gasteiger partial charge on any atom is 0.125 e. The van der Waals surface area contributed by atoms with Gasteiger partial charge >= 0.3 is 0 Å². The van der Waals surface area contributed by atoms with Gasteiger partial charge in [-0.2, -0.15) is 0 Å². The van der Waals surface area contributed by atoms with E-state index in [2.05, 4.69) is 4.98 Å². The van der Waals surface area contributed by atoms with Crippen molar-refractivity contribution in [1.29, 1.82) is 0 Å². The van der Waals surface area contributed by atoms with Crippen molar-refractivity contribution in [2.24, 2.45) is 0 Å². The van der Waals surface area contributed by atoms with Crippen LogP contribution in [-0.4, -0.2) is 15.4 Å². The molecular formula is C16H13Cl2FN2. The zero-order valence-corrected chi connectivity index (χ0v) is 12.9. The number of imidazole rings is 1. The Morgan fingerprint density at radius 3 is 2.76 bits per heavy atom. The predicted molar refractivity (Wildman–Crippen MR) is 85.2 cm³/mol. The second-order valence-electron chi connectivity index (χ2n) is 4.89. The summed E-state index contributed by atoms with van der Waals surface area (Å²) in [5.41, 5.74) is 3.30. The molecule has 0 N–H and O–H groups in total. The zero-order valence-electron chi connectivity index (χ0n) is 11.4. The fourth-order valence-corrected chi connectivity index (χ4v) is 2.78. The first-order chi connectivity index (χ1) is 10.1. The van der Waals surface area contributed by atoms with Gasteiger partial charge in [-0.25, -0.2) is 9.37 Å². The Morgan fingerprint density at radius 2 is 2.00 bits per heavy atom. The number of benzene rings is 2. The SMILES string of the molecule is Cc1ccc(Cl)c(-n2c(CCCl)nc3ccc(F)cc32)c1. The maximum absolute atomic E-state index is 13.6. The molecule has 1 heterocycles. The number of alkyl halides is 1. The third-order valence-corrected chi connectivity index (χ3v) is 3.86. The Morgan fingerprint density at radius 1 is 1.19 bits per heavy atom. The molecule has 3 rings (SSSR count). The van der Waals surface area contributed by atoms with Crippen LogP contribution in [0, 0.1) is 12.7 Å². The molecule has 2 nitrogen and oxygen atoms in total. The molecule has 0 amide bonds. The smallest absolute Gasteiger partial charge is 0.125 e. The van der Waals surface area contributed by atoms with E-state index in [0.717, 1.165) is 22.6 Å². The van der Waals surface area contributed by atoms with Crippen molar-refractivity contribution in [3.8, 4) is 5.69 Å². The largest absolute Gasteiger partial charge is 0.295 e. The van der Waals surface area contributed by atoms with Crippen molar-refractivity contribution in [2.45, 2.75) is 13.3 Å². The van der Waals surface area contributed by atoms with E-state index in [0.29, 0.717) is 22.8 Å². The van der Waals surface area contributed by atoms with Gasteiger partial charge in [0.15, 0.2) is 0 Å². The third-order valence-electron chi connectivity index (χ3n) is 3.35. The molecule has 1 aromatic heterocycles. The van der Waals surface area contributed by atoms with Crippen molar-refractivity contribution in [1.82, 2.24) is 9.55 Å². The number of fused-ring (bicyclic) bond motifs is 1. The van der Waals surface area contributed by atoms with Gasteiger partial charge in [-0.1, -0.05) is 17.7 Å². The Hall–Kier alpha value is -1.58. The van der Waals surface area contributed by atoms with Crippen LogP contribution < -0.4 is 0 Å². The Balaban J connectivity index is 2.35. The lowest BCUT2D eigenvalue weighted by Crippen LogP contribution is -2.03. The highest BCUT2D eigenvalue weighted by Crippen LogP contribution is 2.28. The summed E-state index contributed by atoms with van der Waals surface area (Å²) in [5.74, 6) is 0.915. The van der Waals surface area contributed by atoms with Crippen molar-refractivity contribution in [2.75, 3.05) is 5.88 Å². The summed E-state index contributed by atoms with van der Waals surface area (Å²) in [5, 5.41) is 0.597. The fraction of sp³-hybridized carbons (Fsp3) is 0.188. The molecule has 0 spiro atoms. The van der Waals surface area contributed by atoms with Crippen molar-refractivity contribution in [3.05, 3.63) is 58.6 Å². The van der Waals surface area contributed by atoms with E-state index in [1.807, 2.05) is 29.7 Å².